The Labute approximate surface area is 186 Å². The number of halogens is 1. The first-order chi connectivity index (χ1) is 15.5. The number of benzene rings is 3. The summed E-state index contributed by atoms with van der Waals surface area (Å²) in [6.07, 6.45) is 0.485. The second-order valence-corrected chi connectivity index (χ2v) is 7.48. The van der Waals surface area contributed by atoms with E-state index in [1.54, 1.807) is 31.3 Å². The van der Waals surface area contributed by atoms with Gasteiger partial charge in [0.2, 0.25) is 0 Å². The van der Waals surface area contributed by atoms with Crippen molar-refractivity contribution < 1.29 is 23.8 Å². The third-order valence-electron chi connectivity index (χ3n) is 5.68. The van der Waals surface area contributed by atoms with Crippen molar-refractivity contribution in [1.82, 2.24) is 4.90 Å². The van der Waals surface area contributed by atoms with E-state index < -0.39 is 11.9 Å². The number of aliphatic hydroxyl groups excluding tert-OH is 1. The van der Waals surface area contributed by atoms with Crippen LogP contribution < -0.4 is 9.47 Å². The number of ether oxygens (including phenoxy) is 2. The molecule has 5 nitrogen and oxygen atoms in total. The highest BCUT2D eigenvalue weighted by atomic mass is 19.1. The van der Waals surface area contributed by atoms with Crippen LogP contribution in [-0.4, -0.2) is 36.7 Å². The zero-order valence-corrected chi connectivity index (χ0v) is 17.9. The maximum Gasteiger partial charge on any atom is 0.289 e. The van der Waals surface area contributed by atoms with Gasteiger partial charge in [-0.05, 0) is 41.3 Å². The van der Waals surface area contributed by atoms with Crippen molar-refractivity contribution in [1.29, 1.82) is 0 Å². The van der Waals surface area contributed by atoms with Gasteiger partial charge in [0.15, 0.2) is 17.3 Å². The first-order valence-corrected chi connectivity index (χ1v) is 10.3. The maximum atomic E-state index is 13.6. The standard InChI is InChI=1S/C26H24FNO4/c1-31-21-10-6-9-19(25(21)32-2)15-16-28-23(18-11-13-20(27)14-12-18)22(24(29)26(28)30)17-7-4-3-5-8-17/h3-14,23,29H,15-16H2,1-2H3/t23-/m1/s1. The number of aliphatic hydroxyl groups is 1. The predicted octanol–water partition coefficient (Wildman–Crippen LogP) is 4.94. The first kappa shape index (κ1) is 21.4. The topological polar surface area (TPSA) is 59.0 Å². The van der Waals surface area contributed by atoms with Gasteiger partial charge in [-0.15, -0.1) is 0 Å². The van der Waals surface area contributed by atoms with Gasteiger partial charge in [-0.1, -0.05) is 54.6 Å². The van der Waals surface area contributed by atoms with E-state index in [0.717, 1.165) is 16.7 Å². The van der Waals surface area contributed by atoms with Gasteiger partial charge in [-0.25, -0.2) is 4.39 Å². The zero-order valence-electron chi connectivity index (χ0n) is 17.9. The Kier molecular flexibility index (Phi) is 6.12. The second kappa shape index (κ2) is 9.14. The van der Waals surface area contributed by atoms with Crippen LogP contribution in [0.1, 0.15) is 22.7 Å². The molecule has 0 unspecified atom stereocenters. The van der Waals surface area contributed by atoms with Crippen LogP contribution in [0.5, 0.6) is 11.5 Å². The Morgan fingerprint density at radius 1 is 0.938 bits per heavy atom. The van der Waals surface area contributed by atoms with Crippen LogP contribution in [0.25, 0.3) is 5.57 Å². The number of nitrogens with zero attached hydrogens (tertiary/aromatic N) is 1. The van der Waals surface area contributed by atoms with Gasteiger partial charge in [0, 0.05) is 12.1 Å². The summed E-state index contributed by atoms with van der Waals surface area (Å²) in [6, 6.07) is 20.4. The quantitative estimate of drug-likeness (QED) is 0.574. The van der Waals surface area contributed by atoms with Gasteiger partial charge in [-0.3, -0.25) is 4.79 Å². The summed E-state index contributed by atoms with van der Waals surface area (Å²) in [5.41, 5.74) is 2.86. The number of para-hydroxylation sites is 1. The van der Waals surface area contributed by atoms with Gasteiger partial charge < -0.3 is 19.5 Å². The Morgan fingerprint density at radius 3 is 2.31 bits per heavy atom. The fraction of sp³-hybridized carbons (Fsp3) is 0.192. The van der Waals surface area contributed by atoms with E-state index >= 15 is 0 Å². The van der Waals surface area contributed by atoms with Crippen molar-refractivity contribution >= 4 is 11.5 Å². The third kappa shape index (κ3) is 3.91. The minimum absolute atomic E-state index is 0.289. The summed E-state index contributed by atoms with van der Waals surface area (Å²) in [6.45, 7) is 0.324. The number of carbonyl (C=O) groups excluding carboxylic acids is 1. The molecule has 4 rings (SSSR count). The summed E-state index contributed by atoms with van der Waals surface area (Å²) in [5.74, 6) is 0.114. The molecule has 0 saturated heterocycles. The minimum atomic E-state index is -0.540. The maximum absolute atomic E-state index is 13.6. The van der Waals surface area contributed by atoms with E-state index in [2.05, 4.69) is 0 Å². The summed E-state index contributed by atoms with van der Waals surface area (Å²) in [7, 11) is 3.15. The van der Waals surface area contributed by atoms with Gasteiger partial charge >= 0.3 is 0 Å². The lowest BCUT2D eigenvalue weighted by Gasteiger charge is -2.28. The van der Waals surface area contributed by atoms with E-state index in [9.17, 15) is 14.3 Å². The van der Waals surface area contributed by atoms with Gasteiger partial charge in [0.25, 0.3) is 5.91 Å². The Morgan fingerprint density at radius 2 is 1.66 bits per heavy atom. The third-order valence-corrected chi connectivity index (χ3v) is 5.68. The molecule has 3 aromatic carbocycles. The lowest BCUT2D eigenvalue weighted by Crippen LogP contribution is -2.32. The Balaban J connectivity index is 1.71. The zero-order chi connectivity index (χ0) is 22.7. The molecule has 164 valence electrons. The van der Waals surface area contributed by atoms with Crippen LogP contribution in [-0.2, 0) is 11.2 Å². The number of methoxy groups -OCH3 is 2. The van der Waals surface area contributed by atoms with Crippen LogP contribution in [0, 0.1) is 5.82 Å². The molecule has 0 bridgehead atoms. The van der Waals surface area contributed by atoms with Crippen molar-refractivity contribution in [2.75, 3.05) is 20.8 Å². The molecule has 6 heteroatoms. The SMILES string of the molecule is COc1cccc(CCN2C(=O)C(O)=C(c3ccccc3)[C@H]2c2ccc(F)cc2)c1OC. The number of carbonyl (C=O) groups is 1. The molecule has 1 N–H and O–H groups in total. The van der Waals surface area contributed by atoms with Crippen molar-refractivity contribution in [3.8, 4) is 11.5 Å². The van der Waals surface area contributed by atoms with Crippen LogP contribution in [0.4, 0.5) is 4.39 Å². The smallest absolute Gasteiger partial charge is 0.289 e. The van der Waals surface area contributed by atoms with E-state index in [4.69, 9.17) is 9.47 Å². The van der Waals surface area contributed by atoms with Gasteiger partial charge in [-0.2, -0.15) is 0 Å². The lowest BCUT2D eigenvalue weighted by molar-refractivity contribution is -0.129. The van der Waals surface area contributed by atoms with Gasteiger partial charge in [0.1, 0.15) is 5.82 Å². The molecule has 0 aliphatic carbocycles. The molecule has 0 aromatic heterocycles. The number of rotatable bonds is 7. The molecular weight excluding hydrogens is 409 g/mol. The van der Waals surface area contributed by atoms with Crippen LogP contribution in [0.2, 0.25) is 0 Å². The minimum Gasteiger partial charge on any atom is -0.503 e. The Hall–Kier alpha value is -3.80. The highest BCUT2D eigenvalue weighted by Gasteiger charge is 2.40. The highest BCUT2D eigenvalue weighted by molar-refractivity contribution is 6.05. The van der Waals surface area contributed by atoms with Crippen LogP contribution >= 0.6 is 0 Å². The summed E-state index contributed by atoms with van der Waals surface area (Å²) < 4.78 is 24.5. The summed E-state index contributed by atoms with van der Waals surface area (Å²) in [5, 5.41) is 10.8. The van der Waals surface area contributed by atoms with Crippen LogP contribution in [0.3, 0.4) is 0 Å². The normalized spacial score (nSPS) is 15.9. The van der Waals surface area contributed by atoms with Crippen molar-refractivity contribution in [2.45, 2.75) is 12.5 Å². The van der Waals surface area contributed by atoms with Crippen molar-refractivity contribution in [3.05, 3.63) is 101 Å². The average molecular weight is 433 g/mol. The molecule has 0 saturated carbocycles. The molecule has 0 fully saturated rings. The van der Waals surface area contributed by atoms with Crippen molar-refractivity contribution in [2.24, 2.45) is 0 Å². The molecule has 0 spiro atoms. The second-order valence-electron chi connectivity index (χ2n) is 7.48. The van der Waals surface area contributed by atoms with Gasteiger partial charge in [0.05, 0.1) is 20.3 Å². The molecule has 1 amide bonds. The molecule has 1 heterocycles. The lowest BCUT2D eigenvalue weighted by atomic mass is 9.93. The molecule has 0 radical (unpaired) electrons. The largest absolute Gasteiger partial charge is 0.503 e. The molecular formula is C26H24FNO4. The van der Waals surface area contributed by atoms with E-state index in [1.807, 2.05) is 48.5 Å². The van der Waals surface area contributed by atoms with E-state index in [0.29, 0.717) is 30.0 Å². The van der Waals surface area contributed by atoms with Crippen LogP contribution in [0.15, 0.2) is 78.6 Å². The van der Waals surface area contributed by atoms with Crippen molar-refractivity contribution in [3.63, 3.8) is 0 Å². The Bertz CT molecular complexity index is 1140. The number of amides is 1. The average Bonchev–Trinajstić information content (AvgIpc) is 3.08. The molecule has 1 aliphatic heterocycles. The molecule has 1 atom stereocenters. The fourth-order valence-corrected chi connectivity index (χ4v) is 4.18. The fourth-order valence-electron chi connectivity index (χ4n) is 4.18. The number of hydrogen-bond acceptors (Lipinski definition) is 4. The monoisotopic (exact) mass is 433 g/mol. The van der Waals surface area contributed by atoms with E-state index in [1.165, 1.54) is 12.1 Å². The summed E-state index contributed by atoms with van der Waals surface area (Å²) in [4.78, 5) is 14.7. The molecule has 3 aromatic rings. The first-order valence-electron chi connectivity index (χ1n) is 10.3. The molecule has 1 aliphatic rings. The molecule has 32 heavy (non-hydrogen) atoms. The predicted molar refractivity (Wildman–Crippen MR) is 120 cm³/mol. The van der Waals surface area contributed by atoms with E-state index in [-0.39, 0.29) is 11.6 Å². The highest BCUT2D eigenvalue weighted by Crippen LogP contribution is 2.43. The summed E-state index contributed by atoms with van der Waals surface area (Å²) >= 11 is 0. The number of hydrogen-bond donors (Lipinski definition) is 1.